The van der Waals surface area contributed by atoms with Crippen LogP contribution in [-0.2, 0) is 0 Å². The molecule has 4 aromatic rings. The minimum Gasteiger partial charge on any atom is -0.267 e. The molecular weight excluding hydrogens is 374 g/mol. The van der Waals surface area contributed by atoms with Crippen molar-refractivity contribution in [1.82, 2.24) is 9.38 Å². The number of hydrogen-bond acceptors (Lipinski definition) is 5. The first-order valence-corrected chi connectivity index (χ1v) is 8.92. The molecule has 0 N–H and O–H groups in total. The van der Waals surface area contributed by atoms with Gasteiger partial charge in [0.1, 0.15) is 0 Å². The van der Waals surface area contributed by atoms with E-state index in [0.29, 0.717) is 20.1 Å². The number of aromatic nitrogens is 2. The van der Waals surface area contributed by atoms with Gasteiger partial charge in [0.15, 0.2) is 4.96 Å². The second kappa shape index (κ2) is 5.89. The summed E-state index contributed by atoms with van der Waals surface area (Å²) in [5.41, 5.74) is 3.78. The van der Waals surface area contributed by atoms with Crippen LogP contribution in [0.3, 0.4) is 0 Å². The number of aryl methyl sites for hydroxylation is 2. The molecule has 0 amide bonds. The molecule has 0 spiro atoms. The van der Waals surface area contributed by atoms with Crippen molar-refractivity contribution < 1.29 is 4.92 Å². The highest BCUT2D eigenvalue weighted by Crippen LogP contribution is 2.24. The number of fused-ring (bicyclic) bond motifs is 3. The van der Waals surface area contributed by atoms with Crippen LogP contribution in [0.25, 0.3) is 22.1 Å². The Morgan fingerprint density at radius 1 is 1.27 bits per heavy atom. The van der Waals surface area contributed by atoms with E-state index in [-0.39, 0.29) is 11.2 Å². The van der Waals surface area contributed by atoms with Crippen LogP contribution >= 0.6 is 22.9 Å². The molecule has 0 saturated heterocycles. The predicted molar refractivity (Wildman–Crippen MR) is 103 cm³/mol. The Morgan fingerprint density at radius 2 is 2.04 bits per heavy atom. The lowest BCUT2D eigenvalue weighted by atomic mass is 10.1. The third-order valence-corrected chi connectivity index (χ3v) is 5.47. The topological polar surface area (TPSA) is 77.5 Å². The molecule has 0 unspecified atom stereocenters. The Morgan fingerprint density at radius 3 is 2.77 bits per heavy atom. The molecule has 6 nitrogen and oxygen atoms in total. The fourth-order valence-corrected chi connectivity index (χ4v) is 4.15. The second-order valence-electron chi connectivity index (χ2n) is 6.06. The summed E-state index contributed by atoms with van der Waals surface area (Å²) in [5, 5.41) is 11.3. The molecule has 26 heavy (non-hydrogen) atoms. The van der Waals surface area contributed by atoms with Crippen molar-refractivity contribution in [1.29, 1.82) is 0 Å². The number of nitro benzene ring substituents is 1. The van der Waals surface area contributed by atoms with Crippen LogP contribution in [0, 0.1) is 24.0 Å². The molecule has 0 aliphatic rings. The SMILES string of the molecule is Cc1cc(C)c2nc3s/c(=C/c4cc([N+](=O)[O-])ccc4Cl)c(=O)n3c2c1. The number of nitro groups is 1. The van der Waals surface area contributed by atoms with Crippen molar-refractivity contribution in [2.45, 2.75) is 13.8 Å². The fourth-order valence-electron chi connectivity index (χ4n) is 3.01. The molecular formula is C18H12ClN3O3S. The summed E-state index contributed by atoms with van der Waals surface area (Å²) >= 11 is 7.38. The number of imidazole rings is 1. The summed E-state index contributed by atoms with van der Waals surface area (Å²) < 4.78 is 2.01. The van der Waals surface area contributed by atoms with Gasteiger partial charge in [-0.1, -0.05) is 29.0 Å². The highest BCUT2D eigenvalue weighted by molar-refractivity contribution is 7.15. The van der Waals surface area contributed by atoms with E-state index in [0.717, 1.165) is 22.2 Å². The van der Waals surface area contributed by atoms with Crippen molar-refractivity contribution in [2.24, 2.45) is 0 Å². The molecule has 0 aliphatic heterocycles. The molecule has 0 atom stereocenters. The summed E-state index contributed by atoms with van der Waals surface area (Å²) in [6.45, 7) is 3.94. The van der Waals surface area contributed by atoms with Gasteiger partial charge in [-0.25, -0.2) is 9.38 Å². The molecule has 2 heterocycles. The van der Waals surface area contributed by atoms with Gasteiger partial charge in [-0.2, -0.15) is 0 Å². The first-order chi connectivity index (χ1) is 12.3. The van der Waals surface area contributed by atoms with Crippen LogP contribution in [0.15, 0.2) is 35.1 Å². The van der Waals surface area contributed by atoms with E-state index in [1.165, 1.54) is 29.5 Å². The number of halogens is 1. The number of thiazole rings is 1. The average Bonchev–Trinajstić information content (AvgIpc) is 3.07. The first-order valence-electron chi connectivity index (χ1n) is 7.73. The lowest BCUT2D eigenvalue weighted by Crippen LogP contribution is -2.22. The molecule has 0 radical (unpaired) electrons. The molecule has 4 rings (SSSR count). The zero-order valence-electron chi connectivity index (χ0n) is 13.8. The minimum absolute atomic E-state index is 0.0777. The number of hydrogen-bond donors (Lipinski definition) is 0. The number of rotatable bonds is 2. The lowest BCUT2D eigenvalue weighted by molar-refractivity contribution is -0.384. The van der Waals surface area contributed by atoms with Crippen LogP contribution in [0.5, 0.6) is 0 Å². The van der Waals surface area contributed by atoms with E-state index in [2.05, 4.69) is 4.98 Å². The average molecular weight is 386 g/mol. The van der Waals surface area contributed by atoms with Crippen LogP contribution in [0.4, 0.5) is 5.69 Å². The number of nitrogens with zero attached hydrogens (tertiary/aromatic N) is 3. The van der Waals surface area contributed by atoms with Gasteiger partial charge in [-0.3, -0.25) is 14.9 Å². The van der Waals surface area contributed by atoms with Crippen LogP contribution < -0.4 is 10.1 Å². The van der Waals surface area contributed by atoms with Crippen molar-refractivity contribution in [2.75, 3.05) is 0 Å². The van der Waals surface area contributed by atoms with Crippen molar-refractivity contribution in [3.63, 3.8) is 0 Å². The molecule has 0 saturated carbocycles. The molecule has 130 valence electrons. The highest BCUT2D eigenvalue weighted by atomic mass is 35.5. The molecule has 2 aromatic heterocycles. The van der Waals surface area contributed by atoms with Gasteiger partial charge in [-0.15, -0.1) is 0 Å². The Kier molecular flexibility index (Phi) is 3.78. The van der Waals surface area contributed by atoms with Crippen molar-refractivity contribution in [3.8, 4) is 0 Å². The van der Waals surface area contributed by atoms with E-state index >= 15 is 0 Å². The van der Waals surface area contributed by atoms with Gasteiger partial charge in [-0.05, 0) is 43.2 Å². The third kappa shape index (κ3) is 2.56. The van der Waals surface area contributed by atoms with E-state index < -0.39 is 4.92 Å². The Hall–Kier alpha value is -2.77. The van der Waals surface area contributed by atoms with Crippen LogP contribution in [-0.4, -0.2) is 14.3 Å². The van der Waals surface area contributed by atoms with Gasteiger partial charge in [0.25, 0.3) is 11.2 Å². The Bertz CT molecular complexity index is 1320. The van der Waals surface area contributed by atoms with Gasteiger partial charge in [0, 0.05) is 22.7 Å². The number of benzene rings is 2. The fraction of sp³-hybridized carbons (Fsp3) is 0.111. The van der Waals surface area contributed by atoms with Crippen molar-refractivity contribution in [3.05, 3.63) is 77.0 Å². The predicted octanol–water partition coefficient (Wildman–Crippen LogP) is 3.64. The van der Waals surface area contributed by atoms with Gasteiger partial charge in [0.05, 0.1) is 20.5 Å². The number of non-ortho nitro benzene ring substituents is 1. The smallest absolute Gasteiger partial charge is 0.267 e. The molecule has 8 heteroatoms. The first kappa shape index (κ1) is 16.7. The summed E-state index contributed by atoms with van der Waals surface area (Å²) in [5.74, 6) is 0. The summed E-state index contributed by atoms with van der Waals surface area (Å²) in [6, 6.07) is 8.10. The van der Waals surface area contributed by atoms with Crippen molar-refractivity contribution >= 4 is 50.7 Å². The molecule has 0 fully saturated rings. The second-order valence-corrected chi connectivity index (χ2v) is 7.47. The standard InChI is InChI=1S/C18H12ClN3O3S/c1-9-5-10(2)16-14(6-9)21-17(23)15(26-18(21)20-16)8-11-7-12(22(24)25)3-4-13(11)19/h3-8H,1-2H3/b15-8+. The monoisotopic (exact) mass is 385 g/mol. The molecule has 0 aliphatic carbocycles. The van der Waals surface area contributed by atoms with E-state index in [1.54, 1.807) is 10.5 Å². The summed E-state index contributed by atoms with van der Waals surface area (Å²) in [4.78, 5) is 28.5. The third-order valence-electron chi connectivity index (χ3n) is 4.16. The Balaban J connectivity index is 2.01. The van der Waals surface area contributed by atoms with Gasteiger partial charge in [0.2, 0.25) is 0 Å². The molecule has 2 aromatic carbocycles. The van der Waals surface area contributed by atoms with Crippen LogP contribution in [0.1, 0.15) is 16.7 Å². The quantitative estimate of drug-likeness (QED) is 0.390. The Labute approximate surface area is 156 Å². The normalized spacial score (nSPS) is 12.3. The lowest BCUT2D eigenvalue weighted by Gasteiger charge is -1.98. The zero-order chi connectivity index (χ0) is 18.6. The summed E-state index contributed by atoms with van der Waals surface area (Å²) in [7, 11) is 0. The highest BCUT2D eigenvalue weighted by Gasteiger charge is 2.14. The van der Waals surface area contributed by atoms with E-state index in [4.69, 9.17) is 11.6 Å². The zero-order valence-corrected chi connectivity index (χ0v) is 15.4. The maximum atomic E-state index is 12.9. The van der Waals surface area contributed by atoms with Gasteiger partial charge < -0.3 is 0 Å². The van der Waals surface area contributed by atoms with E-state index in [9.17, 15) is 14.9 Å². The molecule has 0 bridgehead atoms. The minimum atomic E-state index is -0.494. The summed E-state index contributed by atoms with van der Waals surface area (Å²) in [6.07, 6.45) is 1.57. The van der Waals surface area contributed by atoms with Gasteiger partial charge >= 0.3 is 0 Å². The van der Waals surface area contributed by atoms with Crippen LogP contribution in [0.2, 0.25) is 5.02 Å². The largest absolute Gasteiger partial charge is 0.274 e. The van der Waals surface area contributed by atoms with E-state index in [1.807, 2.05) is 26.0 Å². The maximum absolute atomic E-state index is 12.9. The maximum Gasteiger partial charge on any atom is 0.274 e.